The average molecular weight is 405 g/mol. The van der Waals surface area contributed by atoms with E-state index in [0.29, 0.717) is 54.9 Å². The van der Waals surface area contributed by atoms with E-state index in [9.17, 15) is 14.7 Å². The maximum absolute atomic E-state index is 12.4. The zero-order chi connectivity index (χ0) is 21.1. The van der Waals surface area contributed by atoms with Gasteiger partial charge in [-0.05, 0) is 23.7 Å². The van der Waals surface area contributed by atoms with Crippen LogP contribution >= 0.6 is 0 Å². The number of benzene rings is 1. The van der Waals surface area contributed by atoms with Crippen LogP contribution in [-0.2, 0) is 21.3 Å². The van der Waals surface area contributed by atoms with Crippen molar-refractivity contribution in [1.29, 1.82) is 0 Å². The van der Waals surface area contributed by atoms with E-state index in [0.717, 1.165) is 0 Å². The lowest BCUT2D eigenvalue weighted by Gasteiger charge is -2.08. The number of hydrogen-bond donors (Lipinski definition) is 2. The Bertz CT molecular complexity index is 890. The number of nitrogens with one attached hydrogen (secondary N) is 1. The molecule has 0 aliphatic heterocycles. The number of nitrogens with zero attached hydrogens (tertiary/aromatic N) is 4. The molecule has 0 aliphatic rings. The number of aromatic nitrogens is 1. The quantitative estimate of drug-likeness (QED) is 0.129. The molecular weight excluding hydrogens is 382 g/mol. The second kappa shape index (κ2) is 11.7. The van der Waals surface area contributed by atoms with E-state index >= 15 is 0 Å². The molecule has 11 nitrogen and oxygen atoms in total. The molecule has 0 saturated carbocycles. The molecule has 1 aromatic heterocycles. The normalized spacial score (nSPS) is 10.7. The SMILES string of the molecule is Cn1c(C(=O)NCOCCOCCOCCN=[N+]=[N-])cc2c(C=O)ccc(O)c21. The zero-order valence-corrected chi connectivity index (χ0v) is 16.0. The Morgan fingerprint density at radius 2 is 1.93 bits per heavy atom. The summed E-state index contributed by atoms with van der Waals surface area (Å²) in [5, 5.41) is 16.5. The van der Waals surface area contributed by atoms with Crippen LogP contribution in [0.2, 0.25) is 0 Å². The molecule has 0 radical (unpaired) electrons. The standard InChI is InChI=1S/C18H23N5O6/c1-23-15(10-14-13(11-24)2-3-16(25)17(14)23)18(26)20-12-29-9-8-28-7-6-27-5-4-21-22-19/h2-3,10-11,25H,4-9,12H2,1H3,(H,20,26). The van der Waals surface area contributed by atoms with Gasteiger partial charge in [0.2, 0.25) is 0 Å². The molecule has 2 aromatic rings. The van der Waals surface area contributed by atoms with Gasteiger partial charge in [0.15, 0.2) is 6.29 Å². The van der Waals surface area contributed by atoms with E-state index in [2.05, 4.69) is 15.3 Å². The van der Waals surface area contributed by atoms with Crippen molar-refractivity contribution in [3.05, 3.63) is 39.9 Å². The number of aryl methyl sites for hydroxylation is 1. The van der Waals surface area contributed by atoms with Crippen LogP contribution in [0.3, 0.4) is 0 Å². The first kappa shape index (κ1) is 22.2. The van der Waals surface area contributed by atoms with Crippen LogP contribution in [0.25, 0.3) is 21.3 Å². The van der Waals surface area contributed by atoms with E-state index < -0.39 is 5.91 Å². The highest BCUT2D eigenvalue weighted by Gasteiger charge is 2.17. The number of azide groups is 1. The molecular formula is C18H23N5O6. The van der Waals surface area contributed by atoms with Gasteiger partial charge in [0, 0.05) is 29.5 Å². The Balaban J connectivity index is 1.70. The summed E-state index contributed by atoms with van der Waals surface area (Å²) in [7, 11) is 1.63. The Morgan fingerprint density at radius 1 is 1.24 bits per heavy atom. The number of aromatic hydroxyl groups is 1. The second-order valence-electron chi connectivity index (χ2n) is 5.88. The lowest BCUT2D eigenvalue weighted by molar-refractivity contribution is 0.0124. The van der Waals surface area contributed by atoms with Crippen molar-refractivity contribution in [1.82, 2.24) is 9.88 Å². The minimum atomic E-state index is -0.394. The van der Waals surface area contributed by atoms with Crippen LogP contribution in [0.1, 0.15) is 20.8 Å². The number of rotatable bonds is 13. The van der Waals surface area contributed by atoms with Crippen molar-refractivity contribution in [2.75, 3.05) is 46.3 Å². The van der Waals surface area contributed by atoms with E-state index in [1.807, 2.05) is 0 Å². The maximum Gasteiger partial charge on any atom is 0.269 e. The third-order valence-electron chi connectivity index (χ3n) is 4.04. The minimum Gasteiger partial charge on any atom is -0.506 e. The van der Waals surface area contributed by atoms with Crippen LogP contribution in [-0.4, -0.2) is 68.2 Å². The zero-order valence-electron chi connectivity index (χ0n) is 16.0. The van der Waals surface area contributed by atoms with Gasteiger partial charge in [-0.25, -0.2) is 0 Å². The molecule has 2 rings (SSSR count). The number of phenols is 1. The first-order chi connectivity index (χ1) is 14.1. The number of carbonyl (C=O) groups is 2. The molecule has 156 valence electrons. The Kier molecular flexibility index (Phi) is 8.93. The van der Waals surface area contributed by atoms with Crippen LogP contribution < -0.4 is 5.32 Å². The van der Waals surface area contributed by atoms with Crippen LogP contribution in [0.15, 0.2) is 23.3 Å². The van der Waals surface area contributed by atoms with Gasteiger partial charge < -0.3 is 29.2 Å². The fraction of sp³-hybridized carbons (Fsp3) is 0.444. The molecule has 0 unspecified atom stereocenters. The first-order valence-corrected chi connectivity index (χ1v) is 8.89. The molecule has 0 atom stereocenters. The predicted molar refractivity (Wildman–Crippen MR) is 104 cm³/mol. The molecule has 0 fully saturated rings. The highest BCUT2D eigenvalue weighted by molar-refractivity contribution is 6.05. The largest absolute Gasteiger partial charge is 0.506 e. The van der Waals surface area contributed by atoms with Gasteiger partial charge in [0.1, 0.15) is 18.2 Å². The van der Waals surface area contributed by atoms with E-state index in [-0.39, 0.29) is 25.6 Å². The highest BCUT2D eigenvalue weighted by Crippen LogP contribution is 2.29. The summed E-state index contributed by atoms with van der Waals surface area (Å²) in [6.45, 7) is 1.99. The summed E-state index contributed by atoms with van der Waals surface area (Å²) in [5.74, 6) is -0.406. The van der Waals surface area contributed by atoms with Crippen molar-refractivity contribution < 1.29 is 28.9 Å². The lowest BCUT2D eigenvalue weighted by atomic mass is 10.1. The summed E-state index contributed by atoms with van der Waals surface area (Å²) in [5.41, 5.74) is 9.20. The number of ether oxygens (including phenoxy) is 3. The van der Waals surface area contributed by atoms with Crippen molar-refractivity contribution in [2.24, 2.45) is 12.2 Å². The number of hydrogen-bond acceptors (Lipinski definition) is 7. The van der Waals surface area contributed by atoms with Gasteiger partial charge >= 0.3 is 0 Å². The van der Waals surface area contributed by atoms with Gasteiger partial charge in [-0.15, -0.1) is 0 Å². The number of fused-ring (bicyclic) bond motifs is 1. The molecule has 11 heteroatoms. The molecule has 1 aromatic carbocycles. The highest BCUT2D eigenvalue weighted by atomic mass is 16.5. The molecule has 1 heterocycles. The number of aldehydes is 1. The number of carbonyl (C=O) groups excluding carboxylic acids is 2. The summed E-state index contributed by atoms with van der Waals surface area (Å²) >= 11 is 0. The summed E-state index contributed by atoms with van der Waals surface area (Å²) in [4.78, 5) is 26.2. The van der Waals surface area contributed by atoms with Crippen molar-refractivity contribution in [3.8, 4) is 5.75 Å². The van der Waals surface area contributed by atoms with Gasteiger partial charge in [0.05, 0.1) is 38.6 Å². The van der Waals surface area contributed by atoms with Gasteiger partial charge in [-0.2, -0.15) is 0 Å². The predicted octanol–water partition coefficient (Wildman–Crippen LogP) is 1.74. The molecule has 0 saturated heterocycles. The molecule has 0 spiro atoms. The van der Waals surface area contributed by atoms with Gasteiger partial charge in [-0.3, -0.25) is 9.59 Å². The Hall–Kier alpha value is -3.11. The van der Waals surface area contributed by atoms with Crippen molar-refractivity contribution in [2.45, 2.75) is 0 Å². The number of phenolic OH excluding ortho intramolecular Hbond substituents is 1. The second-order valence-corrected chi connectivity index (χ2v) is 5.88. The first-order valence-electron chi connectivity index (χ1n) is 8.89. The Morgan fingerprint density at radius 3 is 2.62 bits per heavy atom. The summed E-state index contributed by atoms with van der Waals surface area (Å²) in [6, 6.07) is 4.47. The summed E-state index contributed by atoms with van der Waals surface area (Å²) < 4.78 is 17.3. The molecule has 0 aliphatic carbocycles. The van der Waals surface area contributed by atoms with Crippen molar-refractivity contribution >= 4 is 23.1 Å². The summed E-state index contributed by atoms with van der Waals surface area (Å²) in [6.07, 6.45) is 0.678. The average Bonchev–Trinajstić information content (AvgIpc) is 3.07. The number of amides is 1. The van der Waals surface area contributed by atoms with Gasteiger partial charge in [0.25, 0.3) is 5.91 Å². The smallest absolute Gasteiger partial charge is 0.269 e. The third kappa shape index (κ3) is 6.19. The fourth-order valence-corrected chi connectivity index (χ4v) is 2.66. The van der Waals surface area contributed by atoms with E-state index in [1.165, 1.54) is 16.7 Å². The minimum absolute atomic E-state index is 0.0117. The van der Waals surface area contributed by atoms with Crippen LogP contribution in [0.4, 0.5) is 0 Å². The molecule has 2 N–H and O–H groups in total. The van der Waals surface area contributed by atoms with Gasteiger partial charge in [-0.1, -0.05) is 5.11 Å². The molecule has 29 heavy (non-hydrogen) atoms. The lowest BCUT2D eigenvalue weighted by Crippen LogP contribution is -2.28. The Labute approximate surface area is 166 Å². The van der Waals surface area contributed by atoms with E-state index in [1.54, 1.807) is 13.1 Å². The van der Waals surface area contributed by atoms with Crippen LogP contribution in [0.5, 0.6) is 5.75 Å². The fourth-order valence-electron chi connectivity index (χ4n) is 2.66. The van der Waals surface area contributed by atoms with Crippen molar-refractivity contribution in [3.63, 3.8) is 0 Å². The molecule has 0 bridgehead atoms. The molecule has 1 amide bonds. The maximum atomic E-state index is 12.4. The third-order valence-corrected chi connectivity index (χ3v) is 4.04. The van der Waals surface area contributed by atoms with Crippen LogP contribution in [0, 0.1) is 0 Å². The monoisotopic (exact) mass is 405 g/mol. The van der Waals surface area contributed by atoms with E-state index in [4.69, 9.17) is 19.7 Å². The topological polar surface area (TPSA) is 148 Å².